The zero-order valence-electron chi connectivity index (χ0n) is 20.3. The second-order valence-corrected chi connectivity index (χ2v) is 9.35. The number of carbonyl (C=O) groups is 1. The summed E-state index contributed by atoms with van der Waals surface area (Å²) in [5.74, 6) is 2.75. The molecule has 9 nitrogen and oxygen atoms in total. The van der Waals surface area contributed by atoms with E-state index in [0.29, 0.717) is 50.7 Å². The van der Waals surface area contributed by atoms with Crippen LogP contribution in [0.4, 0.5) is 11.4 Å². The van der Waals surface area contributed by atoms with Crippen molar-refractivity contribution in [2.75, 3.05) is 45.4 Å². The average molecular weight is 484 g/mol. The molecule has 3 heterocycles. The largest absolute Gasteiger partial charge is 0.491 e. The van der Waals surface area contributed by atoms with E-state index in [2.05, 4.69) is 9.88 Å². The monoisotopic (exact) mass is 483 g/mol. The quantitative estimate of drug-likeness (QED) is 0.670. The second-order valence-electron chi connectivity index (χ2n) is 9.35. The van der Waals surface area contributed by atoms with Gasteiger partial charge in [-0.3, -0.25) is 4.79 Å². The molecule has 1 aromatic carbocycles. The van der Waals surface area contributed by atoms with E-state index in [0.717, 1.165) is 42.1 Å². The Morgan fingerprint density at radius 1 is 1.09 bits per heavy atom. The highest BCUT2D eigenvalue weighted by molar-refractivity contribution is 5.79. The summed E-state index contributed by atoms with van der Waals surface area (Å²) in [6, 6.07) is 7.73. The molecule has 0 radical (unpaired) electrons. The standard InChI is InChI=1S/C26H33N3O6/c1-32-24-13-18(15-27-25(24)33-2)29-11-12-34-23-8-7-20(14-22(23)29)35-21-9-10-28(16-21)26(31)17-3-5-19(30)6-4-17/h7-8,13-15,17,19,21,30H,3-6,9-12,16H2,1-2H3. The number of pyridine rings is 1. The van der Waals surface area contributed by atoms with Crippen LogP contribution in [0, 0.1) is 5.92 Å². The molecule has 35 heavy (non-hydrogen) atoms. The molecule has 3 aliphatic rings. The fourth-order valence-corrected chi connectivity index (χ4v) is 5.21. The minimum Gasteiger partial charge on any atom is -0.491 e. The van der Waals surface area contributed by atoms with Gasteiger partial charge in [-0.1, -0.05) is 0 Å². The molecule has 5 rings (SSSR count). The summed E-state index contributed by atoms with van der Waals surface area (Å²) in [5.41, 5.74) is 1.77. The molecule has 2 fully saturated rings. The first kappa shape index (κ1) is 23.5. The van der Waals surface area contributed by atoms with Crippen molar-refractivity contribution in [2.24, 2.45) is 5.92 Å². The number of hydrogen-bond acceptors (Lipinski definition) is 8. The average Bonchev–Trinajstić information content (AvgIpc) is 3.36. The Morgan fingerprint density at radius 2 is 1.91 bits per heavy atom. The van der Waals surface area contributed by atoms with E-state index < -0.39 is 0 Å². The Bertz CT molecular complexity index is 1060. The fourth-order valence-electron chi connectivity index (χ4n) is 5.21. The van der Waals surface area contributed by atoms with E-state index in [4.69, 9.17) is 18.9 Å². The van der Waals surface area contributed by atoms with Gasteiger partial charge in [0.15, 0.2) is 5.75 Å². The van der Waals surface area contributed by atoms with Gasteiger partial charge in [0.05, 0.1) is 51.0 Å². The molecule has 2 aliphatic heterocycles. The molecule has 1 aliphatic carbocycles. The molecule has 1 atom stereocenters. The number of carbonyl (C=O) groups excluding carboxylic acids is 1. The van der Waals surface area contributed by atoms with Crippen LogP contribution in [0.5, 0.6) is 23.1 Å². The highest BCUT2D eigenvalue weighted by Gasteiger charge is 2.34. The normalized spacial score (nSPS) is 23.9. The summed E-state index contributed by atoms with van der Waals surface area (Å²) >= 11 is 0. The number of ether oxygens (including phenoxy) is 4. The zero-order chi connectivity index (χ0) is 24.4. The summed E-state index contributed by atoms with van der Waals surface area (Å²) in [6.45, 7) is 2.52. The Hall–Kier alpha value is -3.20. The Balaban J connectivity index is 1.28. The van der Waals surface area contributed by atoms with Crippen molar-refractivity contribution >= 4 is 17.3 Å². The number of nitrogens with zero attached hydrogens (tertiary/aromatic N) is 3. The van der Waals surface area contributed by atoms with Crippen LogP contribution in [0.2, 0.25) is 0 Å². The molecular weight excluding hydrogens is 450 g/mol. The van der Waals surface area contributed by atoms with E-state index >= 15 is 0 Å². The van der Waals surface area contributed by atoms with Crippen LogP contribution in [0.15, 0.2) is 30.5 Å². The number of aliphatic hydroxyl groups excluding tert-OH is 1. The lowest BCUT2D eigenvalue weighted by Gasteiger charge is -2.32. The van der Waals surface area contributed by atoms with Crippen LogP contribution in [0.25, 0.3) is 0 Å². The zero-order valence-corrected chi connectivity index (χ0v) is 20.3. The summed E-state index contributed by atoms with van der Waals surface area (Å²) in [4.78, 5) is 21.4. The van der Waals surface area contributed by atoms with Gasteiger partial charge in [-0.2, -0.15) is 0 Å². The molecule has 9 heteroatoms. The van der Waals surface area contributed by atoms with Crippen LogP contribution in [-0.2, 0) is 4.79 Å². The molecule has 0 spiro atoms. The third kappa shape index (κ3) is 4.96. The second kappa shape index (κ2) is 10.2. The number of aliphatic hydroxyl groups is 1. The van der Waals surface area contributed by atoms with Crippen LogP contribution < -0.4 is 23.8 Å². The van der Waals surface area contributed by atoms with E-state index in [-0.39, 0.29) is 24.0 Å². The van der Waals surface area contributed by atoms with E-state index in [1.54, 1.807) is 20.4 Å². The number of anilines is 2. The molecule has 1 amide bonds. The molecule has 0 bridgehead atoms. The molecule has 1 N–H and O–H groups in total. The van der Waals surface area contributed by atoms with Crippen molar-refractivity contribution in [3.63, 3.8) is 0 Å². The number of likely N-dealkylation sites (tertiary alicyclic amines) is 1. The molecule has 188 valence electrons. The minimum absolute atomic E-state index is 0.0294. The fraction of sp³-hybridized carbons (Fsp3) is 0.538. The maximum absolute atomic E-state index is 12.9. The summed E-state index contributed by atoms with van der Waals surface area (Å²) < 4.78 is 22.9. The maximum Gasteiger partial charge on any atom is 0.256 e. The number of fused-ring (bicyclic) bond motifs is 1. The topological polar surface area (TPSA) is 93.6 Å². The van der Waals surface area contributed by atoms with Crippen molar-refractivity contribution in [1.82, 2.24) is 9.88 Å². The third-order valence-corrected chi connectivity index (χ3v) is 7.13. The number of aromatic nitrogens is 1. The van der Waals surface area contributed by atoms with Gasteiger partial charge in [0.25, 0.3) is 5.88 Å². The van der Waals surface area contributed by atoms with Crippen molar-refractivity contribution < 1.29 is 28.8 Å². The van der Waals surface area contributed by atoms with E-state index in [1.807, 2.05) is 29.2 Å². The molecule has 1 unspecified atom stereocenters. The smallest absolute Gasteiger partial charge is 0.256 e. The summed E-state index contributed by atoms with van der Waals surface area (Å²) in [5, 5.41) is 9.73. The molecular formula is C26H33N3O6. The first-order chi connectivity index (χ1) is 17.1. The van der Waals surface area contributed by atoms with Crippen molar-refractivity contribution in [1.29, 1.82) is 0 Å². The van der Waals surface area contributed by atoms with Gasteiger partial charge < -0.3 is 33.9 Å². The van der Waals surface area contributed by atoms with Crippen LogP contribution in [-0.4, -0.2) is 73.6 Å². The predicted octanol–water partition coefficient (Wildman–Crippen LogP) is 3.16. The molecule has 1 saturated carbocycles. The first-order valence-corrected chi connectivity index (χ1v) is 12.3. The molecule has 1 saturated heterocycles. The van der Waals surface area contributed by atoms with Crippen LogP contribution in [0.1, 0.15) is 32.1 Å². The molecule has 2 aromatic rings. The number of amides is 1. The van der Waals surface area contributed by atoms with Crippen molar-refractivity contribution in [2.45, 2.75) is 44.3 Å². The summed E-state index contributed by atoms with van der Waals surface area (Å²) in [6.07, 6.45) is 5.23. The van der Waals surface area contributed by atoms with Gasteiger partial charge in [-0.05, 0) is 37.8 Å². The van der Waals surface area contributed by atoms with Crippen LogP contribution in [0.3, 0.4) is 0 Å². The lowest BCUT2D eigenvalue weighted by atomic mass is 9.86. The number of rotatable bonds is 6. The highest BCUT2D eigenvalue weighted by atomic mass is 16.5. The summed E-state index contributed by atoms with van der Waals surface area (Å²) in [7, 11) is 3.16. The predicted molar refractivity (Wildman–Crippen MR) is 130 cm³/mol. The lowest BCUT2D eigenvalue weighted by molar-refractivity contribution is -0.136. The minimum atomic E-state index is -0.254. The van der Waals surface area contributed by atoms with Gasteiger partial charge in [0.2, 0.25) is 5.91 Å². The van der Waals surface area contributed by atoms with E-state index in [1.165, 1.54) is 0 Å². The Morgan fingerprint density at radius 3 is 2.69 bits per heavy atom. The highest BCUT2D eigenvalue weighted by Crippen LogP contribution is 2.41. The SMILES string of the molecule is COc1cc(N2CCOc3ccc(OC4CCN(C(=O)C5CCC(O)CC5)C4)cc32)cnc1OC. The van der Waals surface area contributed by atoms with Gasteiger partial charge in [0, 0.05) is 31.0 Å². The lowest BCUT2D eigenvalue weighted by Crippen LogP contribution is -2.37. The van der Waals surface area contributed by atoms with Crippen molar-refractivity contribution in [3.8, 4) is 23.1 Å². The Labute approximate surface area is 205 Å². The number of hydrogen-bond donors (Lipinski definition) is 1. The first-order valence-electron chi connectivity index (χ1n) is 12.3. The maximum atomic E-state index is 12.9. The number of benzene rings is 1. The van der Waals surface area contributed by atoms with Gasteiger partial charge in [-0.25, -0.2) is 4.98 Å². The van der Waals surface area contributed by atoms with Gasteiger partial charge >= 0.3 is 0 Å². The van der Waals surface area contributed by atoms with E-state index in [9.17, 15) is 9.90 Å². The molecule has 1 aromatic heterocycles. The van der Waals surface area contributed by atoms with Crippen LogP contribution >= 0.6 is 0 Å². The third-order valence-electron chi connectivity index (χ3n) is 7.13. The van der Waals surface area contributed by atoms with Gasteiger partial charge in [0.1, 0.15) is 24.2 Å². The van der Waals surface area contributed by atoms with Crippen molar-refractivity contribution in [3.05, 3.63) is 30.5 Å². The Kier molecular flexibility index (Phi) is 6.86. The number of methoxy groups -OCH3 is 2. The van der Waals surface area contributed by atoms with Gasteiger partial charge in [-0.15, -0.1) is 0 Å².